The third kappa shape index (κ3) is 3.46. The van der Waals surface area contributed by atoms with Crippen LogP contribution in [0, 0.1) is 13.8 Å². The summed E-state index contributed by atoms with van der Waals surface area (Å²) in [5, 5.41) is 14.9. The number of amides is 1. The molecule has 28 heavy (non-hydrogen) atoms. The van der Waals surface area contributed by atoms with Gasteiger partial charge >= 0.3 is 0 Å². The van der Waals surface area contributed by atoms with Gasteiger partial charge in [0.1, 0.15) is 0 Å². The summed E-state index contributed by atoms with van der Waals surface area (Å²) in [4.78, 5) is 16.4. The van der Waals surface area contributed by atoms with E-state index in [1.807, 2.05) is 36.9 Å². The number of tetrazole rings is 1. The van der Waals surface area contributed by atoms with Crippen LogP contribution in [0.1, 0.15) is 41.0 Å². The fourth-order valence-corrected chi connectivity index (χ4v) is 5.58. The molecule has 4 rings (SSSR count). The second-order valence-corrected chi connectivity index (χ2v) is 8.91. The lowest BCUT2D eigenvalue weighted by atomic mass is 9.98. The van der Waals surface area contributed by atoms with Crippen molar-refractivity contribution in [1.29, 1.82) is 0 Å². The van der Waals surface area contributed by atoms with Crippen molar-refractivity contribution in [3.63, 3.8) is 0 Å². The number of carbonyl (C=O) groups excluding carboxylic acids is 1. The van der Waals surface area contributed by atoms with E-state index in [1.165, 1.54) is 22.2 Å². The number of aromatic nitrogens is 4. The third-order valence-corrected chi connectivity index (χ3v) is 7.12. The Hall–Kier alpha value is -2.19. The lowest BCUT2D eigenvalue weighted by Gasteiger charge is -2.35. The van der Waals surface area contributed by atoms with E-state index in [4.69, 9.17) is 0 Å². The molecule has 0 fully saturated rings. The first-order chi connectivity index (χ1) is 13.6. The Balaban J connectivity index is 1.50. The van der Waals surface area contributed by atoms with E-state index in [2.05, 4.69) is 33.9 Å². The Labute approximate surface area is 172 Å². The largest absolute Gasteiger partial charge is 0.335 e. The summed E-state index contributed by atoms with van der Waals surface area (Å²) >= 11 is 3.20. The Morgan fingerprint density at radius 2 is 2.07 bits per heavy atom. The van der Waals surface area contributed by atoms with Crippen LogP contribution in [0.4, 0.5) is 0 Å². The van der Waals surface area contributed by atoms with Gasteiger partial charge in [-0.25, -0.2) is 0 Å². The number of para-hydroxylation sites is 1. The van der Waals surface area contributed by atoms with Crippen LogP contribution in [0.25, 0.3) is 5.69 Å². The van der Waals surface area contributed by atoms with E-state index >= 15 is 0 Å². The summed E-state index contributed by atoms with van der Waals surface area (Å²) in [5.41, 5.74) is 4.51. The summed E-state index contributed by atoms with van der Waals surface area (Å²) in [6.07, 6.45) is 1.88. The molecule has 2 aromatic heterocycles. The average molecular weight is 414 g/mol. The summed E-state index contributed by atoms with van der Waals surface area (Å²) < 4.78 is 1.74. The van der Waals surface area contributed by atoms with Gasteiger partial charge in [-0.3, -0.25) is 4.79 Å². The van der Waals surface area contributed by atoms with Crippen LogP contribution in [0.3, 0.4) is 0 Å². The molecule has 0 spiro atoms. The van der Waals surface area contributed by atoms with Crippen molar-refractivity contribution >= 4 is 29.0 Å². The summed E-state index contributed by atoms with van der Waals surface area (Å²) in [6, 6.07) is 8.46. The maximum Gasteiger partial charge on any atom is 0.233 e. The standard InChI is InChI=1S/C20H23N5OS2/c1-4-16-15-9-11-27-17(15)8-10-24(16)18(26)12-28-20-21-22-23-25(20)19-13(2)6-5-7-14(19)3/h5-7,9,11,16H,4,8,10,12H2,1-3H3. The molecule has 1 aromatic carbocycles. The zero-order chi connectivity index (χ0) is 19.7. The van der Waals surface area contributed by atoms with Crippen molar-refractivity contribution in [2.75, 3.05) is 12.3 Å². The molecule has 8 heteroatoms. The molecule has 0 saturated heterocycles. The summed E-state index contributed by atoms with van der Waals surface area (Å²) in [5.74, 6) is 0.478. The summed E-state index contributed by atoms with van der Waals surface area (Å²) in [6.45, 7) is 7.02. The van der Waals surface area contributed by atoms with Crippen molar-refractivity contribution in [3.8, 4) is 5.69 Å². The number of hydrogen-bond donors (Lipinski definition) is 0. The van der Waals surface area contributed by atoms with E-state index in [9.17, 15) is 4.79 Å². The predicted molar refractivity (Wildman–Crippen MR) is 112 cm³/mol. The Bertz CT molecular complexity index is 976. The van der Waals surface area contributed by atoms with Crippen molar-refractivity contribution in [2.45, 2.75) is 44.8 Å². The first-order valence-electron chi connectivity index (χ1n) is 9.43. The zero-order valence-electron chi connectivity index (χ0n) is 16.3. The highest BCUT2D eigenvalue weighted by molar-refractivity contribution is 7.99. The molecular formula is C20H23N5OS2. The van der Waals surface area contributed by atoms with Crippen LogP contribution < -0.4 is 0 Å². The Kier molecular flexibility index (Phi) is 5.50. The molecule has 0 saturated carbocycles. The Morgan fingerprint density at radius 1 is 1.29 bits per heavy atom. The van der Waals surface area contributed by atoms with Gasteiger partial charge in [-0.15, -0.1) is 16.4 Å². The maximum absolute atomic E-state index is 13.0. The first kappa shape index (κ1) is 19.1. The van der Waals surface area contributed by atoms with Crippen LogP contribution in [-0.4, -0.2) is 43.3 Å². The normalized spacial score (nSPS) is 16.2. The molecule has 1 aliphatic heterocycles. The lowest BCUT2D eigenvalue weighted by Crippen LogP contribution is -2.40. The van der Waals surface area contributed by atoms with Crippen LogP contribution in [0.2, 0.25) is 0 Å². The minimum Gasteiger partial charge on any atom is -0.335 e. The van der Waals surface area contributed by atoms with Gasteiger partial charge in [0.25, 0.3) is 0 Å². The van der Waals surface area contributed by atoms with Crippen molar-refractivity contribution < 1.29 is 4.79 Å². The highest BCUT2D eigenvalue weighted by Crippen LogP contribution is 2.35. The third-order valence-electron chi connectivity index (χ3n) is 5.22. The van der Waals surface area contributed by atoms with Crippen LogP contribution >= 0.6 is 23.1 Å². The minimum atomic E-state index is 0.143. The highest BCUT2D eigenvalue weighted by Gasteiger charge is 2.30. The number of thioether (sulfide) groups is 1. The minimum absolute atomic E-state index is 0.143. The zero-order valence-corrected chi connectivity index (χ0v) is 17.9. The van der Waals surface area contributed by atoms with Crippen molar-refractivity contribution in [1.82, 2.24) is 25.1 Å². The van der Waals surface area contributed by atoms with Crippen molar-refractivity contribution in [2.24, 2.45) is 0 Å². The fraction of sp³-hybridized carbons (Fsp3) is 0.400. The van der Waals surface area contributed by atoms with E-state index in [0.717, 1.165) is 36.2 Å². The quantitative estimate of drug-likeness (QED) is 0.592. The van der Waals surface area contributed by atoms with Gasteiger partial charge in [0.15, 0.2) is 0 Å². The molecule has 3 heterocycles. The second kappa shape index (κ2) is 8.05. The summed E-state index contributed by atoms with van der Waals surface area (Å²) in [7, 11) is 0. The smallest absolute Gasteiger partial charge is 0.233 e. The van der Waals surface area contributed by atoms with Gasteiger partial charge in [0, 0.05) is 11.4 Å². The van der Waals surface area contributed by atoms with E-state index in [1.54, 1.807) is 16.0 Å². The fourth-order valence-electron chi connectivity index (χ4n) is 3.89. The van der Waals surface area contributed by atoms with Gasteiger partial charge in [0.05, 0.1) is 17.5 Å². The molecule has 0 bridgehead atoms. The molecule has 3 aromatic rings. The molecule has 0 radical (unpaired) electrons. The second-order valence-electron chi connectivity index (χ2n) is 6.96. The number of aryl methyl sites for hydroxylation is 2. The van der Waals surface area contributed by atoms with Crippen molar-refractivity contribution in [3.05, 3.63) is 51.2 Å². The average Bonchev–Trinajstić information content (AvgIpc) is 3.34. The molecule has 0 aliphatic carbocycles. The van der Waals surface area contributed by atoms with Gasteiger partial charge in [0.2, 0.25) is 11.1 Å². The maximum atomic E-state index is 13.0. The number of fused-ring (bicyclic) bond motifs is 1. The molecule has 1 amide bonds. The van der Waals surface area contributed by atoms with Gasteiger partial charge in [-0.05, 0) is 65.3 Å². The molecule has 0 N–H and O–H groups in total. The molecular weight excluding hydrogens is 390 g/mol. The van der Waals surface area contributed by atoms with Crippen LogP contribution in [0.5, 0.6) is 0 Å². The van der Waals surface area contributed by atoms with Gasteiger partial charge < -0.3 is 4.90 Å². The Morgan fingerprint density at radius 3 is 2.82 bits per heavy atom. The molecule has 1 unspecified atom stereocenters. The highest BCUT2D eigenvalue weighted by atomic mass is 32.2. The van der Waals surface area contributed by atoms with E-state index in [0.29, 0.717) is 10.9 Å². The SMILES string of the molecule is CCC1c2ccsc2CCN1C(=O)CSc1nnnn1-c1c(C)cccc1C. The number of rotatable bonds is 5. The topological polar surface area (TPSA) is 63.9 Å². The molecule has 146 valence electrons. The van der Waals surface area contributed by atoms with Crippen LogP contribution in [0.15, 0.2) is 34.8 Å². The van der Waals surface area contributed by atoms with E-state index < -0.39 is 0 Å². The lowest BCUT2D eigenvalue weighted by molar-refractivity contribution is -0.131. The predicted octanol–water partition coefficient (Wildman–Crippen LogP) is 3.97. The molecule has 6 nitrogen and oxygen atoms in total. The number of thiophene rings is 1. The molecule has 1 aliphatic rings. The number of hydrogen-bond acceptors (Lipinski definition) is 6. The van der Waals surface area contributed by atoms with Gasteiger partial charge in [-0.2, -0.15) is 4.68 Å². The number of benzene rings is 1. The van der Waals surface area contributed by atoms with Crippen LogP contribution in [-0.2, 0) is 11.2 Å². The first-order valence-corrected chi connectivity index (χ1v) is 11.3. The van der Waals surface area contributed by atoms with Gasteiger partial charge in [-0.1, -0.05) is 36.9 Å². The number of nitrogens with zero attached hydrogens (tertiary/aromatic N) is 5. The molecule has 1 atom stereocenters. The van der Waals surface area contributed by atoms with E-state index in [-0.39, 0.29) is 11.9 Å². The monoisotopic (exact) mass is 413 g/mol. The number of carbonyl (C=O) groups is 1.